The number of allylic oxidation sites excluding steroid dienone is 3. The summed E-state index contributed by atoms with van der Waals surface area (Å²) in [5, 5.41) is 9.64. The van der Waals surface area contributed by atoms with E-state index in [1.54, 1.807) is 4.90 Å². The Hall–Kier alpha value is -2.40. The number of rotatable bonds is 6. The van der Waals surface area contributed by atoms with Crippen LogP contribution in [0.3, 0.4) is 0 Å². The number of carboxylic acid groups (broad SMARTS) is 1. The summed E-state index contributed by atoms with van der Waals surface area (Å²) in [6.45, 7) is 0.128. The van der Waals surface area contributed by atoms with Crippen LogP contribution in [-0.2, 0) is 19.4 Å². The molecule has 1 aromatic carbocycles. The van der Waals surface area contributed by atoms with E-state index < -0.39 is 62.3 Å². The molecule has 6 nitrogen and oxygen atoms in total. The quantitative estimate of drug-likeness (QED) is 0.408. The lowest BCUT2D eigenvalue weighted by molar-refractivity contribution is -0.146. The van der Waals surface area contributed by atoms with Gasteiger partial charge in [0.15, 0.2) is 9.84 Å². The van der Waals surface area contributed by atoms with Crippen LogP contribution in [0.2, 0.25) is 5.02 Å². The second kappa shape index (κ2) is 10.5. The molecule has 3 unspecified atom stereocenters. The number of fused-ring (bicyclic) bond motifs is 3. The van der Waals surface area contributed by atoms with E-state index in [0.29, 0.717) is 36.3 Å². The Kier molecular flexibility index (Phi) is 7.61. The molecule has 1 heterocycles. The highest BCUT2D eigenvalue weighted by atomic mass is 35.5. The summed E-state index contributed by atoms with van der Waals surface area (Å²) in [7, 11) is -4.20. The Labute approximate surface area is 235 Å². The first-order valence-electron chi connectivity index (χ1n) is 13.4. The Morgan fingerprint density at radius 2 is 1.62 bits per heavy atom. The minimum atomic E-state index is -4.33. The summed E-state index contributed by atoms with van der Waals surface area (Å²) in [5.41, 5.74) is -0.354. The molecule has 3 aliphatic carbocycles. The summed E-state index contributed by atoms with van der Waals surface area (Å²) in [4.78, 5) is 26.7. The number of nitrogens with zero attached hydrogens (tertiary/aromatic N) is 1. The van der Waals surface area contributed by atoms with Gasteiger partial charge in [-0.15, -0.1) is 0 Å². The van der Waals surface area contributed by atoms with Gasteiger partial charge in [-0.2, -0.15) is 8.78 Å². The van der Waals surface area contributed by atoms with Gasteiger partial charge in [-0.05, 0) is 87.1 Å². The zero-order valence-electron chi connectivity index (χ0n) is 21.5. The van der Waals surface area contributed by atoms with E-state index in [2.05, 4.69) is 0 Å². The van der Waals surface area contributed by atoms with E-state index in [0.717, 1.165) is 6.08 Å². The maximum absolute atomic E-state index is 14.4. The highest BCUT2D eigenvalue weighted by Crippen LogP contribution is 2.56. The summed E-state index contributed by atoms with van der Waals surface area (Å²) in [5.74, 6) is -7.08. The van der Waals surface area contributed by atoms with E-state index in [1.807, 2.05) is 0 Å². The van der Waals surface area contributed by atoms with Crippen molar-refractivity contribution in [3.8, 4) is 0 Å². The predicted molar refractivity (Wildman–Crippen MR) is 139 cm³/mol. The summed E-state index contributed by atoms with van der Waals surface area (Å²) < 4.78 is 82.1. The second-order valence-corrected chi connectivity index (χ2v) is 13.9. The number of hydrogen-bond donors (Lipinski definition) is 1. The Morgan fingerprint density at radius 1 is 1.00 bits per heavy atom. The third-order valence-electron chi connectivity index (χ3n) is 9.30. The first-order valence-corrected chi connectivity index (χ1v) is 15.3. The fraction of sp³-hybridized carbons (Fsp3) is 0.571. The van der Waals surface area contributed by atoms with Gasteiger partial charge in [0.2, 0.25) is 5.91 Å². The maximum Gasteiger partial charge on any atom is 0.329 e. The normalized spacial score (nSPS) is 30.8. The van der Waals surface area contributed by atoms with Crippen molar-refractivity contribution < 1.29 is 40.7 Å². The first-order chi connectivity index (χ1) is 18.8. The largest absolute Gasteiger partial charge is 0.481 e. The molecule has 1 amide bonds. The molecule has 0 aromatic heterocycles. The molecule has 2 saturated carbocycles. The van der Waals surface area contributed by atoms with Crippen molar-refractivity contribution >= 4 is 33.3 Å². The fourth-order valence-corrected chi connectivity index (χ4v) is 9.77. The molecular weight excluding hydrogens is 574 g/mol. The molecule has 40 heavy (non-hydrogen) atoms. The van der Waals surface area contributed by atoms with Gasteiger partial charge in [0.25, 0.3) is 0 Å². The van der Waals surface area contributed by atoms with Gasteiger partial charge in [-0.1, -0.05) is 23.8 Å². The van der Waals surface area contributed by atoms with Gasteiger partial charge in [-0.25, -0.2) is 17.2 Å². The topological polar surface area (TPSA) is 91.8 Å². The molecule has 0 radical (unpaired) electrons. The number of hydrogen-bond acceptors (Lipinski definition) is 4. The Balaban J connectivity index is 1.56. The van der Waals surface area contributed by atoms with Crippen molar-refractivity contribution in [2.45, 2.75) is 79.4 Å². The standard InChI is InChI=1S/C28H30ClF4NO5S/c29-20-7-9-21(10-8-20)40(38,39)27-13-14-34(24(35)16-1-3-17(4-2-16)25(36)37)23(27)12-5-18-15-19(6-11-22(18)27)28(32,33)26(30)31/h6-11,16-18,23,26H,1-5,12-15H2,(H,36,37). The Morgan fingerprint density at radius 3 is 2.23 bits per heavy atom. The van der Waals surface area contributed by atoms with Crippen LogP contribution in [0.4, 0.5) is 17.6 Å². The van der Waals surface area contributed by atoms with Gasteiger partial charge in [-0.3, -0.25) is 9.59 Å². The van der Waals surface area contributed by atoms with Crippen molar-refractivity contribution in [1.29, 1.82) is 0 Å². The molecule has 1 aromatic rings. The summed E-state index contributed by atoms with van der Waals surface area (Å²) in [6, 6.07) is 4.86. The van der Waals surface area contributed by atoms with Crippen LogP contribution in [0.25, 0.3) is 0 Å². The van der Waals surface area contributed by atoms with Gasteiger partial charge in [0.05, 0.1) is 16.9 Å². The monoisotopic (exact) mass is 603 g/mol. The van der Waals surface area contributed by atoms with Gasteiger partial charge in [0.1, 0.15) is 4.75 Å². The average molecular weight is 604 g/mol. The third-order valence-corrected chi connectivity index (χ3v) is 12.1. The Bertz CT molecular complexity index is 1350. The lowest BCUT2D eigenvalue weighted by atomic mass is 9.68. The number of sulfone groups is 1. The number of halogens is 5. The molecule has 1 saturated heterocycles. The third kappa shape index (κ3) is 4.57. The number of likely N-dealkylation sites (tertiary alicyclic amines) is 1. The van der Waals surface area contributed by atoms with Crippen LogP contribution in [0.1, 0.15) is 51.4 Å². The summed E-state index contributed by atoms with van der Waals surface area (Å²) in [6.07, 6.45) is -0.0766. The molecule has 1 aliphatic heterocycles. The number of carboxylic acids is 1. The lowest BCUT2D eigenvalue weighted by Crippen LogP contribution is -2.57. The highest BCUT2D eigenvalue weighted by molar-refractivity contribution is 7.93. The number of alkyl halides is 4. The molecule has 3 atom stereocenters. The molecule has 0 bridgehead atoms. The van der Waals surface area contributed by atoms with Gasteiger partial charge >= 0.3 is 18.3 Å². The zero-order chi connectivity index (χ0) is 29.0. The molecule has 5 rings (SSSR count). The molecule has 4 aliphatic rings. The zero-order valence-corrected chi connectivity index (χ0v) is 23.1. The molecule has 1 N–H and O–H groups in total. The second-order valence-electron chi connectivity index (χ2n) is 11.2. The minimum absolute atomic E-state index is 0.0209. The SMILES string of the molecule is O=C(O)C1CCC(C(=O)N2CCC3(S(=O)(=O)c4ccc(Cl)cc4)C4=CC=C(C(F)(F)C(F)F)CC4CCC23)CC1. The van der Waals surface area contributed by atoms with Crippen LogP contribution in [0, 0.1) is 17.8 Å². The van der Waals surface area contributed by atoms with Crippen molar-refractivity contribution in [3.05, 3.63) is 52.6 Å². The van der Waals surface area contributed by atoms with Crippen LogP contribution in [0.5, 0.6) is 0 Å². The van der Waals surface area contributed by atoms with Gasteiger partial charge in [0, 0.05) is 23.1 Å². The van der Waals surface area contributed by atoms with Crippen LogP contribution in [-0.4, -0.2) is 60.0 Å². The minimum Gasteiger partial charge on any atom is -0.481 e. The van der Waals surface area contributed by atoms with Crippen molar-refractivity contribution in [2.24, 2.45) is 17.8 Å². The molecular formula is C28H30ClF4NO5S. The smallest absolute Gasteiger partial charge is 0.329 e. The molecule has 12 heteroatoms. The van der Waals surface area contributed by atoms with Gasteiger partial charge < -0.3 is 10.0 Å². The van der Waals surface area contributed by atoms with Crippen LogP contribution < -0.4 is 0 Å². The maximum atomic E-state index is 14.4. The predicted octanol–water partition coefficient (Wildman–Crippen LogP) is 5.91. The van der Waals surface area contributed by atoms with E-state index in [4.69, 9.17) is 11.6 Å². The number of carbonyl (C=O) groups excluding carboxylic acids is 1. The van der Waals surface area contributed by atoms with E-state index >= 15 is 0 Å². The van der Waals surface area contributed by atoms with Crippen molar-refractivity contribution in [1.82, 2.24) is 4.90 Å². The lowest BCUT2D eigenvalue weighted by Gasteiger charge is -2.48. The number of carbonyl (C=O) groups is 2. The van der Waals surface area contributed by atoms with Crippen LogP contribution in [0.15, 0.2) is 52.5 Å². The highest BCUT2D eigenvalue weighted by Gasteiger charge is 2.63. The molecule has 0 spiro atoms. The van der Waals surface area contributed by atoms with Crippen molar-refractivity contribution in [2.75, 3.05) is 6.54 Å². The van der Waals surface area contributed by atoms with E-state index in [-0.39, 0.29) is 43.0 Å². The summed E-state index contributed by atoms with van der Waals surface area (Å²) >= 11 is 6.00. The van der Waals surface area contributed by atoms with Crippen molar-refractivity contribution in [3.63, 3.8) is 0 Å². The van der Waals surface area contributed by atoms with E-state index in [1.165, 1.54) is 30.3 Å². The number of amides is 1. The number of aliphatic carboxylic acids is 1. The number of benzene rings is 1. The fourth-order valence-electron chi connectivity index (χ4n) is 7.23. The molecule has 3 fully saturated rings. The van der Waals surface area contributed by atoms with E-state index in [9.17, 15) is 40.7 Å². The van der Waals surface area contributed by atoms with Crippen LogP contribution >= 0.6 is 11.6 Å². The molecule has 218 valence electrons. The first kappa shape index (κ1) is 29.1. The average Bonchev–Trinajstić information content (AvgIpc) is 3.34.